The smallest absolute Gasteiger partial charge is 0.142 e. The third kappa shape index (κ3) is 3.21. The van der Waals surface area contributed by atoms with Gasteiger partial charge in [-0.15, -0.1) is 0 Å². The van der Waals surface area contributed by atoms with E-state index in [-0.39, 0.29) is 11.3 Å². The number of nitrogens with zero attached hydrogens (tertiary/aromatic N) is 1. The van der Waals surface area contributed by atoms with E-state index in [9.17, 15) is 4.79 Å². The zero-order valence-corrected chi connectivity index (χ0v) is 13.3. The zero-order valence-electron chi connectivity index (χ0n) is 13.3. The van der Waals surface area contributed by atoms with E-state index in [1.807, 2.05) is 0 Å². The molecule has 0 N–H and O–H groups in total. The van der Waals surface area contributed by atoms with Crippen molar-refractivity contribution in [2.75, 3.05) is 19.6 Å². The predicted octanol–water partition coefficient (Wildman–Crippen LogP) is 3.87. The molecule has 1 aromatic rings. The number of hydrogen-bond donors (Lipinski definition) is 0. The molecular formula is C19H27NO. The predicted molar refractivity (Wildman–Crippen MR) is 86.4 cm³/mol. The topological polar surface area (TPSA) is 20.3 Å². The van der Waals surface area contributed by atoms with Crippen molar-refractivity contribution >= 4 is 5.78 Å². The number of ketones is 1. The Morgan fingerprint density at radius 2 is 1.95 bits per heavy atom. The lowest BCUT2D eigenvalue weighted by Gasteiger charge is -2.35. The summed E-state index contributed by atoms with van der Waals surface area (Å²) < 4.78 is 0. The van der Waals surface area contributed by atoms with Crippen molar-refractivity contribution in [3.8, 4) is 0 Å². The summed E-state index contributed by atoms with van der Waals surface area (Å²) in [5, 5.41) is 0. The van der Waals surface area contributed by atoms with Gasteiger partial charge in [0.25, 0.3) is 0 Å². The average Bonchev–Trinajstić information content (AvgIpc) is 2.93. The molecule has 1 aromatic carbocycles. The molecule has 1 heterocycles. The minimum absolute atomic E-state index is 0.0958. The molecule has 1 aliphatic carbocycles. The van der Waals surface area contributed by atoms with E-state index < -0.39 is 0 Å². The number of Topliss-reactive ketones (excluding diaryl/α,β-unsaturated/α-hetero) is 1. The molecule has 2 atom stereocenters. The highest BCUT2D eigenvalue weighted by molar-refractivity contribution is 5.87. The molecule has 3 rings (SSSR count). The maximum Gasteiger partial charge on any atom is 0.142 e. The van der Waals surface area contributed by atoms with Gasteiger partial charge in [0.1, 0.15) is 5.78 Å². The van der Waals surface area contributed by atoms with Crippen molar-refractivity contribution in [1.82, 2.24) is 4.90 Å². The Kier molecular flexibility index (Phi) is 4.17. The van der Waals surface area contributed by atoms with E-state index in [0.29, 0.717) is 11.7 Å². The van der Waals surface area contributed by atoms with Crippen molar-refractivity contribution in [3.05, 3.63) is 35.9 Å². The second-order valence-electron chi connectivity index (χ2n) is 7.49. The summed E-state index contributed by atoms with van der Waals surface area (Å²) in [4.78, 5) is 15.1. The fraction of sp³-hybridized carbons (Fsp3) is 0.632. The molecule has 21 heavy (non-hydrogen) atoms. The van der Waals surface area contributed by atoms with Crippen LogP contribution in [0.1, 0.15) is 51.0 Å². The third-order valence-corrected chi connectivity index (χ3v) is 5.41. The van der Waals surface area contributed by atoms with Gasteiger partial charge >= 0.3 is 0 Å². The van der Waals surface area contributed by atoms with Crippen LogP contribution in [0.5, 0.6) is 0 Å². The summed E-state index contributed by atoms with van der Waals surface area (Å²) in [6, 6.07) is 10.8. The third-order valence-electron chi connectivity index (χ3n) is 5.41. The van der Waals surface area contributed by atoms with Gasteiger partial charge in [0.05, 0.1) is 0 Å². The number of carbonyl (C=O) groups excluding carboxylic acids is 1. The molecule has 0 spiro atoms. The van der Waals surface area contributed by atoms with Crippen LogP contribution in [0.15, 0.2) is 30.3 Å². The Labute approximate surface area is 128 Å². The van der Waals surface area contributed by atoms with Gasteiger partial charge in [-0.2, -0.15) is 0 Å². The summed E-state index contributed by atoms with van der Waals surface area (Å²) in [5.74, 6) is 1.41. The van der Waals surface area contributed by atoms with Gasteiger partial charge in [-0.3, -0.25) is 4.79 Å². The van der Waals surface area contributed by atoms with Crippen LogP contribution in [-0.4, -0.2) is 30.3 Å². The maximum absolute atomic E-state index is 12.6. The van der Waals surface area contributed by atoms with E-state index in [1.54, 1.807) is 0 Å². The van der Waals surface area contributed by atoms with Crippen molar-refractivity contribution in [1.29, 1.82) is 0 Å². The van der Waals surface area contributed by atoms with Crippen molar-refractivity contribution in [2.45, 2.75) is 45.4 Å². The lowest BCUT2D eigenvalue weighted by atomic mass is 9.71. The van der Waals surface area contributed by atoms with Crippen LogP contribution >= 0.6 is 0 Å². The highest BCUT2D eigenvalue weighted by Gasteiger charge is 2.38. The number of carbonyl (C=O) groups is 1. The normalized spacial score (nSPS) is 29.7. The molecule has 0 radical (unpaired) electrons. The Bertz CT molecular complexity index is 494. The largest absolute Gasteiger partial charge is 0.302 e. The quantitative estimate of drug-likeness (QED) is 0.840. The summed E-state index contributed by atoms with van der Waals surface area (Å²) in [6.45, 7) is 7.49. The summed E-state index contributed by atoms with van der Waals surface area (Å²) in [6.07, 6.45) is 4.59. The van der Waals surface area contributed by atoms with Crippen LogP contribution in [0.4, 0.5) is 0 Å². The van der Waals surface area contributed by atoms with Gasteiger partial charge in [0.2, 0.25) is 0 Å². The van der Waals surface area contributed by atoms with Crippen LogP contribution in [0.2, 0.25) is 0 Å². The Balaban J connectivity index is 1.59. The first kappa shape index (κ1) is 14.8. The molecule has 2 unspecified atom stereocenters. The maximum atomic E-state index is 12.6. The number of likely N-dealkylation sites (tertiary alicyclic amines) is 1. The first-order chi connectivity index (χ1) is 10.1. The molecule has 0 amide bonds. The molecule has 1 aliphatic heterocycles. The summed E-state index contributed by atoms with van der Waals surface area (Å²) >= 11 is 0. The molecule has 0 aromatic heterocycles. The first-order valence-electron chi connectivity index (χ1n) is 8.38. The van der Waals surface area contributed by atoms with Gasteiger partial charge in [-0.1, -0.05) is 50.6 Å². The lowest BCUT2D eigenvalue weighted by molar-refractivity contribution is -0.134. The fourth-order valence-electron chi connectivity index (χ4n) is 4.08. The monoisotopic (exact) mass is 285 g/mol. The summed E-state index contributed by atoms with van der Waals surface area (Å²) in [5.41, 5.74) is 1.36. The van der Waals surface area contributed by atoms with E-state index >= 15 is 0 Å². The second kappa shape index (κ2) is 5.92. The molecule has 2 fully saturated rings. The van der Waals surface area contributed by atoms with E-state index in [1.165, 1.54) is 18.4 Å². The van der Waals surface area contributed by atoms with Crippen LogP contribution in [-0.2, 0) is 4.79 Å². The van der Waals surface area contributed by atoms with Gasteiger partial charge in [-0.25, -0.2) is 0 Å². The van der Waals surface area contributed by atoms with Crippen molar-refractivity contribution < 1.29 is 4.79 Å². The van der Waals surface area contributed by atoms with Crippen LogP contribution < -0.4 is 0 Å². The molecule has 1 saturated heterocycles. The molecule has 2 heteroatoms. The Morgan fingerprint density at radius 3 is 2.71 bits per heavy atom. The van der Waals surface area contributed by atoms with Crippen LogP contribution in [0.3, 0.4) is 0 Å². The molecule has 1 saturated carbocycles. The lowest BCUT2D eigenvalue weighted by Crippen LogP contribution is -2.41. The second-order valence-corrected chi connectivity index (χ2v) is 7.49. The van der Waals surface area contributed by atoms with Crippen LogP contribution in [0.25, 0.3) is 0 Å². The minimum atomic E-state index is -0.0958. The number of hydrogen-bond acceptors (Lipinski definition) is 2. The van der Waals surface area contributed by atoms with E-state index in [0.717, 1.165) is 32.5 Å². The number of benzene rings is 1. The van der Waals surface area contributed by atoms with E-state index in [4.69, 9.17) is 0 Å². The van der Waals surface area contributed by atoms with Crippen LogP contribution in [0, 0.1) is 11.3 Å². The number of rotatable bonds is 3. The molecule has 2 nitrogen and oxygen atoms in total. The minimum Gasteiger partial charge on any atom is -0.302 e. The SMILES string of the molecule is CC1(C)CCCC(CN2CCC(c3ccccc3)C2)C1=O. The Morgan fingerprint density at radius 1 is 1.19 bits per heavy atom. The van der Waals surface area contributed by atoms with Gasteiger partial charge in [-0.05, 0) is 37.3 Å². The average molecular weight is 285 g/mol. The highest BCUT2D eigenvalue weighted by atomic mass is 16.1. The molecule has 114 valence electrons. The van der Waals surface area contributed by atoms with Crippen molar-refractivity contribution in [3.63, 3.8) is 0 Å². The standard InChI is InChI=1S/C19H27NO/c1-19(2)11-6-9-17(18(19)21)14-20-12-10-16(13-20)15-7-4-3-5-8-15/h3-5,7-8,16-17H,6,9-14H2,1-2H3. The fourth-order valence-corrected chi connectivity index (χ4v) is 4.08. The molecule has 2 aliphatic rings. The molecule has 0 bridgehead atoms. The van der Waals surface area contributed by atoms with Gasteiger partial charge < -0.3 is 4.90 Å². The highest BCUT2D eigenvalue weighted by Crippen LogP contribution is 2.37. The Hall–Kier alpha value is -1.15. The van der Waals surface area contributed by atoms with Crippen molar-refractivity contribution in [2.24, 2.45) is 11.3 Å². The first-order valence-corrected chi connectivity index (χ1v) is 8.38. The van der Waals surface area contributed by atoms with E-state index in [2.05, 4.69) is 49.1 Å². The van der Waals surface area contributed by atoms with Gasteiger partial charge in [0, 0.05) is 24.4 Å². The van der Waals surface area contributed by atoms with Gasteiger partial charge in [0.15, 0.2) is 0 Å². The zero-order chi connectivity index (χ0) is 14.9. The summed E-state index contributed by atoms with van der Waals surface area (Å²) in [7, 11) is 0. The molecular weight excluding hydrogens is 258 g/mol.